The summed E-state index contributed by atoms with van der Waals surface area (Å²) >= 11 is 0. The highest BCUT2D eigenvalue weighted by molar-refractivity contribution is 5.98. The Morgan fingerprint density at radius 2 is 2.12 bits per heavy atom. The molecule has 0 spiro atoms. The first-order chi connectivity index (χ1) is 12.6. The summed E-state index contributed by atoms with van der Waals surface area (Å²) in [5, 5.41) is 13.9. The number of carbonyl (C=O) groups is 1. The van der Waals surface area contributed by atoms with Crippen LogP contribution in [-0.4, -0.2) is 35.8 Å². The Bertz CT molecular complexity index is 775. The lowest BCUT2D eigenvalue weighted by Gasteiger charge is -2.27. The average Bonchev–Trinajstić information content (AvgIpc) is 2.65. The van der Waals surface area contributed by atoms with Crippen LogP contribution < -0.4 is 10.1 Å². The van der Waals surface area contributed by atoms with Crippen LogP contribution in [0.1, 0.15) is 54.6 Å². The zero-order valence-corrected chi connectivity index (χ0v) is 15.6. The number of amides is 1. The normalized spacial score (nSPS) is 20.1. The third-order valence-corrected chi connectivity index (χ3v) is 5.37. The van der Waals surface area contributed by atoms with Crippen LogP contribution in [0.2, 0.25) is 0 Å². The largest absolute Gasteiger partial charge is 0.497 e. The summed E-state index contributed by atoms with van der Waals surface area (Å²) in [7, 11) is 1.63. The molecule has 1 aromatic heterocycles. The topological polar surface area (TPSA) is 71.5 Å². The van der Waals surface area contributed by atoms with E-state index in [1.165, 1.54) is 6.42 Å². The summed E-state index contributed by atoms with van der Waals surface area (Å²) in [5.41, 5.74) is 2.15. The van der Waals surface area contributed by atoms with Gasteiger partial charge in [0.25, 0.3) is 5.91 Å². The molecule has 3 rings (SSSR count). The summed E-state index contributed by atoms with van der Waals surface area (Å²) in [5.74, 6) is 1.06. The van der Waals surface area contributed by atoms with E-state index >= 15 is 0 Å². The summed E-state index contributed by atoms with van der Waals surface area (Å²) in [4.78, 5) is 17.1. The van der Waals surface area contributed by atoms with Crippen molar-refractivity contribution in [1.29, 1.82) is 0 Å². The van der Waals surface area contributed by atoms with Crippen molar-refractivity contribution in [3.8, 4) is 5.75 Å². The Morgan fingerprint density at radius 1 is 1.31 bits per heavy atom. The molecule has 0 unspecified atom stereocenters. The molecule has 2 aromatic rings. The monoisotopic (exact) mass is 356 g/mol. The van der Waals surface area contributed by atoms with Gasteiger partial charge in [0.2, 0.25) is 0 Å². The molecule has 1 fully saturated rings. The van der Waals surface area contributed by atoms with Crippen LogP contribution in [0.4, 0.5) is 0 Å². The van der Waals surface area contributed by atoms with Gasteiger partial charge in [-0.25, -0.2) is 0 Å². The van der Waals surface area contributed by atoms with Gasteiger partial charge in [0, 0.05) is 18.0 Å². The van der Waals surface area contributed by atoms with Crippen LogP contribution in [-0.2, 0) is 0 Å². The highest BCUT2D eigenvalue weighted by atomic mass is 16.5. The van der Waals surface area contributed by atoms with E-state index in [1.807, 2.05) is 31.2 Å². The standard InChI is InChI=1S/C21H28N2O3/c1-14-18(12-16-9-10-17(26-2)13-19(16)23-14)21(25)22-11-5-7-15-6-3-4-8-20(15)24/h9-10,12-13,15,20,24H,3-8,11H2,1-2H3,(H,22,25)/t15-,20-/m1/s1. The number of nitrogens with one attached hydrogen (secondary N) is 1. The highest BCUT2D eigenvalue weighted by Crippen LogP contribution is 2.27. The molecule has 0 saturated heterocycles. The number of methoxy groups -OCH3 is 1. The number of rotatable bonds is 6. The number of benzene rings is 1. The van der Waals surface area contributed by atoms with Gasteiger partial charge < -0.3 is 15.2 Å². The van der Waals surface area contributed by atoms with Gasteiger partial charge in [-0.3, -0.25) is 9.78 Å². The summed E-state index contributed by atoms with van der Waals surface area (Å²) in [6.07, 6.45) is 6.06. The molecule has 0 bridgehead atoms. The molecule has 0 radical (unpaired) electrons. The minimum atomic E-state index is -0.164. The number of aromatic nitrogens is 1. The molecule has 26 heavy (non-hydrogen) atoms. The van der Waals surface area contributed by atoms with Gasteiger partial charge in [-0.2, -0.15) is 0 Å². The second-order valence-corrected chi connectivity index (χ2v) is 7.19. The lowest BCUT2D eigenvalue weighted by molar-refractivity contribution is 0.0641. The van der Waals surface area contributed by atoms with Gasteiger partial charge >= 0.3 is 0 Å². The number of hydrogen-bond acceptors (Lipinski definition) is 4. The zero-order chi connectivity index (χ0) is 18.5. The number of aryl methyl sites for hydroxylation is 1. The molecule has 5 nitrogen and oxygen atoms in total. The van der Waals surface area contributed by atoms with Crippen molar-refractivity contribution >= 4 is 16.8 Å². The van der Waals surface area contributed by atoms with E-state index in [2.05, 4.69) is 10.3 Å². The molecule has 0 aliphatic heterocycles. The van der Waals surface area contributed by atoms with Gasteiger partial charge in [-0.15, -0.1) is 0 Å². The Morgan fingerprint density at radius 3 is 2.88 bits per heavy atom. The molecule has 1 aromatic carbocycles. The summed E-state index contributed by atoms with van der Waals surface area (Å²) < 4.78 is 5.23. The fourth-order valence-corrected chi connectivity index (χ4v) is 3.79. The van der Waals surface area contributed by atoms with Crippen molar-refractivity contribution in [2.24, 2.45) is 5.92 Å². The number of ether oxygens (including phenoxy) is 1. The van der Waals surface area contributed by atoms with E-state index in [-0.39, 0.29) is 12.0 Å². The molecular formula is C21H28N2O3. The highest BCUT2D eigenvalue weighted by Gasteiger charge is 2.22. The Kier molecular flexibility index (Phi) is 6.09. The van der Waals surface area contributed by atoms with Crippen LogP contribution >= 0.6 is 0 Å². The minimum Gasteiger partial charge on any atom is -0.497 e. The maximum Gasteiger partial charge on any atom is 0.253 e. The van der Waals surface area contributed by atoms with Crippen LogP contribution in [0, 0.1) is 12.8 Å². The first-order valence-electron chi connectivity index (χ1n) is 9.50. The smallest absolute Gasteiger partial charge is 0.253 e. The lowest BCUT2D eigenvalue weighted by atomic mass is 9.83. The molecule has 1 aliphatic rings. The fraction of sp³-hybridized carbons (Fsp3) is 0.524. The van der Waals surface area contributed by atoms with Crippen molar-refractivity contribution in [3.05, 3.63) is 35.5 Å². The average molecular weight is 356 g/mol. The van der Waals surface area contributed by atoms with Crippen LogP contribution in [0.15, 0.2) is 24.3 Å². The molecular weight excluding hydrogens is 328 g/mol. The molecule has 1 saturated carbocycles. The minimum absolute atomic E-state index is 0.0862. The van der Waals surface area contributed by atoms with Crippen molar-refractivity contribution in [2.75, 3.05) is 13.7 Å². The van der Waals surface area contributed by atoms with Crippen LogP contribution in [0.3, 0.4) is 0 Å². The molecule has 1 amide bonds. The van der Waals surface area contributed by atoms with Crippen LogP contribution in [0.5, 0.6) is 5.75 Å². The van der Waals surface area contributed by atoms with Gasteiger partial charge in [0.05, 0.1) is 30.0 Å². The Hall–Kier alpha value is -2.14. The van der Waals surface area contributed by atoms with Crippen molar-refractivity contribution in [2.45, 2.75) is 51.6 Å². The van der Waals surface area contributed by atoms with Gasteiger partial charge in [-0.1, -0.05) is 12.8 Å². The number of aliphatic hydroxyl groups excluding tert-OH is 1. The first-order valence-corrected chi connectivity index (χ1v) is 9.50. The van der Waals surface area contributed by atoms with Crippen molar-refractivity contribution in [1.82, 2.24) is 10.3 Å². The second kappa shape index (κ2) is 8.49. The maximum atomic E-state index is 12.5. The van der Waals surface area contributed by atoms with Crippen molar-refractivity contribution < 1.29 is 14.6 Å². The van der Waals surface area contributed by atoms with Gasteiger partial charge in [0.1, 0.15) is 5.75 Å². The number of nitrogens with zero attached hydrogens (tertiary/aromatic N) is 1. The van der Waals surface area contributed by atoms with Gasteiger partial charge in [-0.05, 0) is 56.7 Å². The van der Waals surface area contributed by atoms with E-state index < -0.39 is 0 Å². The molecule has 140 valence electrons. The quantitative estimate of drug-likeness (QED) is 0.776. The number of aliphatic hydroxyl groups is 1. The van der Waals surface area contributed by atoms with Gasteiger partial charge in [0.15, 0.2) is 0 Å². The summed E-state index contributed by atoms with van der Waals surface area (Å²) in [6, 6.07) is 7.55. The maximum absolute atomic E-state index is 12.5. The van der Waals surface area contributed by atoms with Crippen molar-refractivity contribution in [3.63, 3.8) is 0 Å². The second-order valence-electron chi connectivity index (χ2n) is 7.19. The van der Waals surface area contributed by atoms with Crippen LogP contribution in [0.25, 0.3) is 10.9 Å². The Labute approximate surface area is 154 Å². The molecule has 2 N–H and O–H groups in total. The van der Waals surface area contributed by atoms with E-state index in [1.54, 1.807) is 7.11 Å². The lowest BCUT2D eigenvalue weighted by Crippen LogP contribution is -2.28. The predicted molar refractivity (Wildman–Crippen MR) is 103 cm³/mol. The third-order valence-electron chi connectivity index (χ3n) is 5.37. The van der Waals surface area contributed by atoms with E-state index in [4.69, 9.17) is 4.74 Å². The van der Waals surface area contributed by atoms with E-state index in [0.717, 1.165) is 48.8 Å². The first kappa shape index (κ1) is 18.6. The third kappa shape index (κ3) is 4.33. The van der Waals surface area contributed by atoms with E-state index in [9.17, 15) is 9.90 Å². The number of carbonyl (C=O) groups excluding carboxylic acids is 1. The summed E-state index contributed by atoms with van der Waals surface area (Å²) in [6.45, 7) is 2.48. The van der Waals surface area contributed by atoms with E-state index in [0.29, 0.717) is 23.7 Å². The molecule has 2 atom stereocenters. The zero-order valence-electron chi connectivity index (χ0n) is 15.6. The Balaban J connectivity index is 1.58. The SMILES string of the molecule is COc1ccc2cc(C(=O)NCCC[C@H]3CCCC[C@H]3O)c(C)nc2c1. The predicted octanol–water partition coefficient (Wildman–Crippen LogP) is 3.61. The number of pyridine rings is 1. The molecule has 5 heteroatoms. The number of hydrogen-bond donors (Lipinski definition) is 2. The molecule has 1 heterocycles. The fourth-order valence-electron chi connectivity index (χ4n) is 3.79. The number of fused-ring (bicyclic) bond motifs is 1. The molecule has 1 aliphatic carbocycles.